The van der Waals surface area contributed by atoms with Crippen LogP contribution in [0.5, 0.6) is 5.75 Å². The quantitative estimate of drug-likeness (QED) is 0.668. The number of ether oxygens (including phenoxy) is 1. The first-order valence-electron chi connectivity index (χ1n) is 8.12. The molecule has 2 aliphatic rings. The highest BCUT2D eigenvalue weighted by Crippen LogP contribution is 2.39. The minimum Gasteiger partial charge on any atom is -0.493 e. The predicted molar refractivity (Wildman–Crippen MR) is 86.0 cm³/mol. The van der Waals surface area contributed by atoms with Crippen molar-refractivity contribution in [1.29, 1.82) is 0 Å². The van der Waals surface area contributed by atoms with Crippen molar-refractivity contribution in [3.05, 3.63) is 51.7 Å². The summed E-state index contributed by atoms with van der Waals surface area (Å²) in [7, 11) is 0. The van der Waals surface area contributed by atoms with Crippen LogP contribution in [0.1, 0.15) is 40.5 Å². The normalized spacial score (nSPS) is 23.0. The van der Waals surface area contributed by atoms with E-state index in [4.69, 9.17) is 4.74 Å². The Morgan fingerprint density at radius 2 is 2.21 bits per heavy atom. The topological polar surface area (TPSA) is 107 Å². The lowest BCUT2D eigenvalue weighted by molar-refractivity contribution is 0.0234. The van der Waals surface area contributed by atoms with E-state index in [1.807, 2.05) is 12.1 Å². The molecule has 0 saturated heterocycles. The Bertz CT molecular complexity index is 819. The lowest BCUT2D eigenvalue weighted by atomic mass is 9.75. The SMILES string of the molecule is O=C(N[C@@H](c1ccc2c(c1)CCO2)C1CC(O)C1)c1c[nH]c(=O)[nH]1. The molecule has 7 nitrogen and oxygen atoms in total. The number of fused-ring (bicyclic) bond motifs is 1. The highest BCUT2D eigenvalue weighted by Gasteiger charge is 2.36. The van der Waals surface area contributed by atoms with Crippen LogP contribution in [-0.4, -0.2) is 33.7 Å². The molecular formula is C17H19N3O4. The maximum atomic E-state index is 12.4. The van der Waals surface area contributed by atoms with E-state index in [1.165, 1.54) is 6.20 Å². The van der Waals surface area contributed by atoms with Crippen LogP contribution in [0.3, 0.4) is 0 Å². The molecule has 0 radical (unpaired) electrons. The van der Waals surface area contributed by atoms with Crippen LogP contribution in [0, 0.1) is 5.92 Å². The first-order valence-corrected chi connectivity index (χ1v) is 8.12. The van der Waals surface area contributed by atoms with Crippen molar-refractivity contribution in [2.24, 2.45) is 5.92 Å². The Labute approximate surface area is 138 Å². The molecule has 2 aromatic rings. The molecule has 7 heteroatoms. The van der Waals surface area contributed by atoms with Gasteiger partial charge in [0.25, 0.3) is 5.91 Å². The third kappa shape index (κ3) is 2.71. The molecule has 126 valence electrons. The average molecular weight is 329 g/mol. The number of hydrogen-bond acceptors (Lipinski definition) is 4. The zero-order chi connectivity index (χ0) is 16.7. The van der Waals surface area contributed by atoms with Crippen LogP contribution in [0.4, 0.5) is 0 Å². The van der Waals surface area contributed by atoms with Crippen LogP contribution in [-0.2, 0) is 6.42 Å². The molecule has 1 fully saturated rings. The van der Waals surface area contributed by atoms with Gasteiger partial charge in [-0.05, 0) is 42.0 Å². The fourth-order valence-electron chi connectivity index (χ4n) is 3.45. The van der Waals surface area contributed by atoms with Crippen molar-refractivity contribution < 1.29 is 14.6 Å². The Balaban J connectivity index is 1.59. The smallest absolute Gasteiger partial charge is 0.323 e. The van der Waals surface area contributed by atoms with Gasteiger partial charge in [-0.3, -0.25) is 4.79 Å². The fraction of sp³-hybridized carbons (Fsp3) is 0.412. The van der Waals surface area contributed by atoms with Crippen LogP contribution in [0.2, 0.25) is 0 Å². The Morgan fingerprint density at radius 1 is 1.38 bits per heavy atom. The molecule has 1 aliphatic carbocycles. The van der Waals surface area contributed by atoms with Crippen molar-refractivity contribution in [1.82, 2.24) is 15.3 Å². The van der Waals surface area contributed by atoms with Crippen LogP contribution in [0.15, 0.2) is 29.2 Å². The highest BCUT2D eigenvalue weighted by molar-refractivity contribution is 5.92. The van der Waals surface area contributed by atoms with E-state index in [-0.39, 0.29) is 29.7 Å². The summed E-state index contributed by atoms with van der Waals surface area (Å²) in [5.74, 6) is 0.735. The number of carbonyl (C=O) groups is 1. The molecule has 0 bridgehead atoms. The van der Waals surface area contributed by atoms with Crippen molar-refractivity contribution in [3.8, 4) is 5.75 Å². The Kier molecular flexibility index (Phi) is 3.65. The number of rotatable bonds is 4. The van der Waals surface area contributed by atoms with Crippen molar-refractivity contribution >= 4 is 5.91 Å². The monoisotopic (exact) mass is 329 g/mol. The van der Waals surface area contributed by atoms with Gasteiger partial charge in [-0.1, -0.05) is 6.07 Å². The second-order valence-corrected chi connectivity index (χ2v) is 6.46. The maximum Gasteiger partial charge on any atom is 0.323 e. The number of aliphatic hydroxyl groups excluding tert-OH is 1. The van der Waals surface area contributed by atoms with E-state index in [0.29, 0.717) is 19.4 Å². The number of aromatic nitrogens is 2. The lowest BCUT2D eigenvalue weighted by Crippen LogP contribution is -2.41. The van der Waals surface area contributed by atoms with E-state index in [9.17, 15) is 14.7 Å². The van der Waals surface area contributed by atoms with E-state index >= 15 is 0 Å². The molecule has 1 aliphatic heterocycles. The maximum absolute atomic E-state index is 12.4. The number of aromatic amines is 2. The third-order valence-electron chi connectivity index (χ3n) is 4.82. The van der Waals surface area contributed by atoms with Crippen LogP contribution in [0.25, 0.3) is 0 Å². The number of nitrogens with one attached hydrogen (secondary N) is 3. The first kappa shape index (κ1) is 15.0. The largest absolute Gasteiger partial charge is 0.493 e. The van der Waals surface area contributed by atoms with Gasteiger partial charge in [-0.2, -0.15) is 0 Å². The minimum atomic E-state index is -0.412. The summed E-state index contributed by atoms with van der Waals surface area (Å²) in [6.45, 7) is 0.683. The summed E-state index contributed by atoms with van der Waals surface area (Å²) in [6, 6.07) is 5.76. The van der Waals surface area contributed by atoms with Gasteiger partial charge >= 0.3 is 5.69 Å². The Hall–Kier alpha value is -2.54. The second kappa shape index (κ2) is 5.83. The van der Waals surface area contributed by atoms with E-state index in [2.05, 4.69) is 21.4 Å². The molecule has 2 heterocycles. The molecule has 1 aromatic heterocycles. The van der Waals surface area contributed by atoms with E-state index in [0.717, 1.165) is 23.3 Å². The standard InChI is InChI=1S/C17H19N3O4/c21-12-6-11(7-12)15(20-16(22)13-8-18-17(23)19-13)10-1-2-14-9(5-10)3-4-24-14/h1-2,5,8,11-12,15,21H,3-4,6-7H2,(H,20,22)(H2,18,19,23)/t11?,12?,15-/m0/s1. The molecule has 1 atom stereocenters. The van der Waals surface area contributed by atoms with Crippen molar-refractivity contribution in [3.63, 3.8) is 0 Å². The van der Waals surface area contributed by atoms with Crippen molar-refractivity contribution in [2.45, 2.75) is 31.4 Å². The summed E-state index contributed by atoms with van der Waals surface area (Å²) in [5, 5.41) is 12.6. The molecule has 0 spiro atoms. The molecule has 1 amide bonds. The summed E-state index contributed by atoms with van der Waals surface area (Å²) >= 11 is 0. The molecule has 4 rings (SSSR count). The van der Waals surface area contributed by atoms with Gasteiger partial charge in [0.1, 0.15) is 11.4 Å². The summed E-state index contributed by atoms with van der Waals surface area (Å²) in [4.78, 5) is 28.5. The average Bonchev–Trinajstić information content (AvgIpc) is 3.17. The number of amides is 1. The fourth-order valence-corrected chi connectivity index (χ4v) is 3.45. The first-order chi connectivity index (χ1) is 11.6. The van der Waals surface area contributed by atoms with E-state index in [1.54, 1.807) is 0 Å². The van der Waals surface area contributed by atoms with E-state index < -0.39 is 5.69 Å². The number of aliphatic hydroxyl groups is 1. The predicted octanol–water partition coefficient (Wildman–Crippen LogP) is 0.880. The molecule has 24 heavy (non-hydrogen) atoms. The number of benzene rings is 1. The number of H-pyrrole nitrogens is 2. The van der Waals surface area contributed by atoms with Gasteiger partial charge in [-0.25, -0.2) is 4.79 Å². The zero-order valence-electron chi connectivity index (χ0n) is 13.0. The van der Waals surface area contributed by atoms with Crippen molar-refractivity contribution in [2.75, 3.05) is 6.61 Å². The van der Waals surface area contributed by atoms with Crippen LogP contribution >= 0.6 is 0 Å². The molecule has 1 saturated carbocycles. The van der Waals surface area contributed by atoms with Gasteiger partial charge in [0, 0.05) is 12.6 Å². The molecule has 1 aromatic carbocycles. The van der Waals surface area contributed by atoms with Crippen LogP contribution < -0.4 is 15.7 Å². The summed E-state index contributed by atoms with van der Waals surface area (Å²) < 4.78 is 5.53. The zero-order valence-corrected chi connectivity index (χ0v) is 13.0. The molecule has 0 unspecified atom stereocenters. The summed E-state index contributed by atoms with van der Waals surface area (Å²) in [5.41, 5.74) is 1.93. The van der Waals surface area contributed by atoms with Gasteiger partial charge in [-0.15, -0.1) is 0 Å². The van der Waals surface area contributed by atoms with Gasteiger partial charge < -0.3 is 25.1 Å². The minimum absolute atomic E-state index is 0.176. The van der Waals surface area contributed by atoms with Gasteiger partial charge in [0.2, 0.25) is 0 Å². The van der Waals surface area contributed by atoms with Gasteiger partial charge in [0.05, 0.1) is 18.8 Å². The van der Waals surface area contributed by atoms with Gasteiger partial charge in [0.15, 0.2) is 0 Å². The molecule has 4 N–H and O–H groups in total. The number of hydrogen-bond donors (Lipinski definition) is 4. The summed E-state index contributed by atoms with van der Waals surface area (Å²) in [6.07, 6.45) is 3.23. The second-order valence-electron chi connectivity index (χ2n) is 6.46. The third-order valence-corrected chi connectivity index (χ3v) is 4.82. The number of imidazole rings is 1. The number of carbonyl (C=O) groups excluding carboxylic acids is 1. The highest BCUT2D eigenvalue weighted by atomic mass is 16.5. The Morgan fingerprint density at radius 3 is 2.92 bits per heavy atom. The lowest BCUT2D eigenvalue weighted by Gasteiger charge is -2.38. The molecular weight excluding hydrogens is 310 g/mol.